The van der Waals surface area contributed by atoms with Crippen LogP contribution >= 0.6 is 0 Å². The zero-order valence-electron chi connectivity index (χ0n) is 17.0. The summed E-state index contributed by atoms with van der Waals surface area (Å²) in [7, 11) is 0. The first-order valence-corrected chi connectivity index (χ1v) is 9.43. The molecule has 2 heterocycles. The minimum Gasteiger partial charge on any atom is -0.484 e. The Hall–Kier alpha value is -3.19. The number of pyridine rings is 1. The second kappa shape index (κ2) is 8.87. The Balaban J connectivity index is 1.97. The van der Waals surface area contributed by atoms with Crippen LogP contribution in [0, 0.1) is 13.8 Å². The van der Waals surface area contributed by atoms with Crippen LogP contribution in [0.2, 0.25) is 0 Å². The average Bonchev–Trinajstić information content (AvgIpc) is 3.04. The first-order chi connectivity index (χ1) is 13.8. The number of amides is 1. The molecule has 0 saturated carbocycles. The average molecular weight is 395 g/mol. The van der Waals surface area contributed by atoms with Gasteiger partial charge < -0.3 is 19.7 Å². The van der Waals surface area contributed by atoms with Crippen LogP contribution in [-0.4, -0.2) is 33.8 Å². The Kier molecular flexibility index (Phi) is 6.29. The van der Waals surface area contributed by atoms with Gasteiger partial charge in [-0.25, -0.2) is 0 Å². The van der Waals surface area contributed by atoms with Crippen molar-refractivity contribution >= 4 is 5.91 Å². The molecule has 0 radical (unpaired) electrons. The van der Waals surface area contributed by atoms with Gasteiger partial charge in [-0.05, 0) is 63.1 Å². The third kappa shape index (κ3) is 5.00. The Morgan fingerprint density at radius 3 is 2.66 bits per heavy atom. The third-order valence-electron chi connectivity index (χ3n) is 4.39. The van der Waals surface area contributed by atoms with Crippen molar-refractivity contribution in [3.63, 3.8) is 0 Å². The summed E-state index contributed by atoms with van der Waals surface area (Å²) in [4.78, 5) is 16.0. The molecule has 0 fully saturated rings. The number of ether oxygens (including phenoxy) is 1. The topological polar surface area (TPSA) is 97.5 Å². The molecule has 7 heteroatoms. The number of aliphatic hydroxyl groups is 1. The summed E-state index contributed by atoms with van der Waals surface area (Å²) in [6, 6.07) is 9.01. The van der Waals surface area contributed by atoms with Crippen molar-refractivity contribution in [1.82, 2.24) is 15.5 Å². The summed E-state index contributed by atoms with van der Waals surface area (Å²) >= 11 is 0. The zero-order valence-corrected chi connectivity index (χ0v) is 17.0. The van der Waals surface area contributed by atoms with Gasteiger partial charge in [0.1, 0.15) is 17.6 Å². The maximum absolute atomic E-state index is 12.0. The minimum absolute atomic E-state index is 0.0303. The fourth-order valence-corrected chi connectivity index (χ4v) is 3.15. The number of aryl methyl sites for hydroxylation is 2. The molecule has 1 unspecified atom stereocenters. The lowest BCUT2D eigenvalue weighted by Gasteiger charge is -2.16. The lowest BCUT2D eigenvalue weighted by atomic mass is 9.96. The number of hydrogen-bond acceptors (Lipinski definition) is 6. The first-order valence-electron chi connectivity index (χ1n) is 9.43. The van der Waals surface area contributed by atoms with Crippen molar-refractivity contribution in [2.24, 2.45) is 0 Å². The molecule has 0 aliphatic heterocycles. The first kappa shape index (κ1) is 20.5. The number of benzene rings is 1. The standard InChI is InChI=1S/C22H25N3O4/c1-13(2)24-20(26)12-28-19-9-17(21-14(3)25-29-15(21)4)8-18(10-19)22(27)16-6-5-7-23-11-16/h5-11,13,22,27H,12H2,1-4H3,(H,24,26). The molecule has 2 N–H and O–H groups in total. The van der Waals surface area contributed by atoms with Crippen LogP contribution in [0.1, 0.15) is 42.5 Å². The molecule has 7 nitrogen and oxygen atoms in total. The highest BCUT2D eigenvalue weighted by Crippen LogP contribution is 2.34. The van der Waals surface area contributed by atoms with Crippen LogP contribution in [-0.2, 0) is 4.79 Å². The number of aromatic nitrogens is 2. The summed E-state index contributed by atoms with van der Waals surface area (Å²) in [5.41, 5.74) is 3.64. The van der Waals surface area contributed by atoms with Gasteiger partial charge in [0, 0.05) is 29.6 Å². The largest absolute Gasteiger partial charge is 0.484 e. The SMILES string of the molecule is Cc1noc(C)c1-c1cc(OCC(=O)NC(C)C)cc(C(O)c2cccnc2)c1. The molecule has 1 amide bonds. The predicted molar refractivity (Wildman–Crippen MR) is 108 cm³/mol. The normalized spacial score (nSPS) is 12.1. The van der Waals surface area contributed by atoms with Gasteiger partial charge in [0.25, 0.3) is 5.91 Å². The summed E-state index contributed by atoms with van der Waals surface area (Å²) in [6.07, 6.45) is 2.37. The fraction of sp³-hybridized carbons (Fsp3) is 0.318. The Labute approximate surface area is 169 Å². The number of carbonyl (C=O) groups excluding carboxylic acids is 1. The van der Waals surface area contributed by atoms with E-state index in [2.05, 4.69) is 15.5 Å². The van der Waals surface area contributed by atoms with Crippen LogP contribution < -0.4 is 10.1 Å². The molecule has 0 spiro atoms. The molecular weight excluding hydrogens is 370 g/mol. The summed E-state index contributed by atoms with van der Waals surface area (Å²) < 4.78 is 11.0. The van der Waals surface area contributed by atoms with Crippen molar-refractivity contribution in [3.8, 4) is 16.9 Å². The van der Waals surface area contributed by atoms with Crippen molar-refractivity contribution in [2.45, 2.75) is 39.8 Å². The molecule has 1 atom stereocenters. The smallest absolute Gasteiger partial charge is 0.258 e. The Morgan fingerprint density at radius 1 is 1.24 bits per heavy atom. The van der Waals surface area contributed by atoms with Crippen LogP contribution in [0.4, 0.5) is 0 Å². The van der Waals surface area contributed by atoms with Crippen molar-refractivity contribution < 1.29 is 19.2 Å². The minimum atomic E-state index is -0.893. The number of nitrogens with zero attached hydrogens (tertiary/aromatic N) is 2. The Morgan fingerprint density at radius 2 is 2.03 bits per heavy atom. The van der Waals surface area contributed by atoms with Crippen molar-refractivity contribution in [1.29, 1.82) is 0 Å². The predicted octanol–water partition coefficient (Wildman–Crippen LogP) is 3.34. The number of hydrogen-bond donors (Lipinski definition) is 2. The monoisotopic (exact) mass is 395 g/mol. The zero-order chi connectivity index (χ0) is 21.0. The molecule has 0 bridgehead atoms. The summed E-state index contributed by atoms with van der Waals surface area (Å²) in [6.45, 7) is 7.34. The molecule has 152 valence electrons. The van der Waals surface area contributed by atoms with Crippen molar-refractivity contribution in [3.05, 3.63) is 65.3 Å². The summed E-state index contributed by atoms with van der Waals surface area (Å²) in [5.74, 6) is 0.926. The lowest BCUT2D eigenvalue weighted by Crippen LogP contribution is -2.34. The maximum Gasteiger partial charge on any atom is 0.258 e. The van der Waals surface area contributed by atoms with Gasteiger partial charge in [-0.15, -0.1) is 0 Å². The van der Waals surface area contributed by atoms with Crippen LogP contribution in [0.25, 0.3) is 11.1 Å². The number of aliphatic hydroxyl groups excluding tert-OH is 1. The fourth-order valence-electron chi connectivity index (χ4n) is 3.15. The highest BCUT2D eigenvalue weighted by atomic mass is 16.5. The van der Waals surface area contributed by atoms with Crippen molar-refractivity contribution in [2.75, 3.05) is 6.61 Å². The highest BCUT2D eigenvalue weighted by Gasteiger charge is 2.18. The molecule has 3 aromatic rings. The number of carbonyl (C=O) groups is 1. The van der Waals surface area contributed by atoms with Gasteiger partial charge >= 0.3 is 0 Å². The van der Waals surface area contributed by atoms with E-state index in [4.69, 9.17) is 9.26 Å². The van der Waals surface area contributed by atoms with E-state index in [9.17, 15) is 9.90 Å². The molecule has 0 aliphatic carbocycles. The number of nitrogens with one attached hydrogen (secondary N) is 1. The molecule has 2 aromatic heterocycles. The molecule has 1 aromatic carbocycles. The van der Waals surface area contributed by atoms with E-state index >= 15 is 0 Å². The van der Waals surface area contributed by atoms with E-state index in [1.807, 2.05) is 39.8 Å². The number of rotatable bonds is 7. The van der Waals surface area contributed by atoms with Gasteiger partial charge in [-0.1, -0.05) is 11.2 Å². The van der Waals surface area contributed by atoms with E-state index in [1.165, 1.54) is 0 Å². The van der Waals surface area contributed by atoms with E-state index in [0.717, 1.165) is 16.8 Å². The maximum atomic E-state index is 12.0. The second-order valence-corrected chi connectivity index (χ2v) is 7.19. The highest BCUT2D eigenvalue weighted by molar-refractivity contribution is 5.78. The van der Waals surface area contributed by atoms with Gasteiger partial charge in [0.05, 0.1) is 5.69 Å². The van der Waals surface area contributed by atoms with Crippen LogP contribution in [0.15, 0.2) is 47.2 Å². The molecule has 3 rings (SSSR count). The van der Waals surface area contributed by atoms with Gasteiger partial charge in [-0.3, -0.25) is 9.78 Å². The Bertz CT molecular complexity index is 963. The quantitative estimate of drug-likeness (QED) is 0.637. The molecule has 0 saturated heterocycles. The lowest BCUT2D eigenvalue weighted by molar-refractivity contribution is -0.123. The van der Waals surface area contributed by atoms with Crippen LogP contribution in [0.5, 0.6) is 5.75 Å². The van der Waals surface area contributed by atoms with E-state index in [-0.39, 0.29) is 18.6 Å². The van der Waals surface area contributed by atoms with Gasteiger partial charge in [-0.2, -0.15) is 0 Å². The van der Waals surface area contributed by atoms with E-state index < -0.39 is 6.10 Å². The molecule has 29 heavy (non-hydrogen) atoms. The summed E-state index contributed by atoms with van der Waals surface area (Å²) in [5, 5.41) is 17.7. The molecular formula is C22H25N3O4. The van der Waals surface area contributed by atoms with Gasteiger partial charge in [0.15, 0.2) is 6.61 Å². The van der Waals surface area contributed by atoms with E-state index in [0.29, 0.717) is 22.6 Å². The van der Waals surface area contributed by atoms with E-state index in [1.54, 1.807) is 30.6 Å². The molecule has 0 aliphatic rings. The third-order valence-corrected chi connectivity index (χ3v) is 4.39. The van der Waals surface area contributed by atoms with Gasteiger partial charge in [0.2, 0.25) is 0 Å². The second-order valence-electron chi connectivity index (χ2n) is 7.19. The van der Waals surface area contributed by atoms with Crippen LogP contribution in [0.3, 0.4) is 0 Å².